The van der Waals surface area contributed by atoms with E-state index in [1.807, 2.05) is 41.9 Å². The number of aliphatic hydroxyl groups is 1. The molecular weight excluding hydrogens is 433 g/mol. The minimum Gasteiger partial charge on any atom is -0.439 e. The number of nitrogens with zero attached hydrogens (tertiary/aromatic N) is 3. The van der Waals surface area contributed by atoms with E-state index in [0.29, 0.717) is 31.1 Å². The van der Waals surface area contributed by atoms with E-state index in [4.69, 9.17) is 14.6 Å². The summed E-state index contributed by atoms with van der Waals surface area (Å²) in [4.78, 5) is 2.24. The first-order chi connectivity index (χ1) is 16.6. The lowest BCUT2D eigenvalue weighted by molar-refractivity contribution is 0.0451. The lowest BCUT2D eigenvalue weighted by Crippen LogP contribution is -2.37. The zero-order valence-electron chi connectivity index (χ0n) is 20.0. The molecule has 2 unspecified atom stereocenters. The van der Waals surface area contributed by atoms with Gasteiger partial charge in [0.2, 0.25) is 5.88 Å². The maximum absolute atomic E-state index is 13.5. The Morgan fingerprint density at radius 3 is 2.59 bits per heavy atom. The molecule has 1 fully saturated rings. The summed E-state index contributed by atoms with van der Waals surface area (Å²) in [6.07, 6.45) is 3.27. The second-order valence-electron chi connectivity index (χ2n) is 8.78. The minimum absolute atomic E-state index is 0.166. The molecule has 3 aromatic rings. The molecule has 0 saturated carbocycles. The van der Waals surface area contributed by atoms with Crippen LogP contribution in [-0.4, -0.2) is 51.7 Å². The Morgan fingerprint density at radius 2 is 1.94 bits per heavy atom. The molecule has 2 atom stereocenters. The molecule has 182 valence electrons. The third kappa shape index (κ3) is 6.03. The summed E-state index contributed by atoms with van der Waals surface area (Å²) in [6, 6.07) is 15.9. The van der Waals surface area contributed by atoms with E-state index in [-0.39, 0.29) is 11.9 Å². The molecule has 0 aliphatic carbocycles. The largest absolute Gasteiger partial charge is 0.439 e. The summed E-state index contributed by atoms with van der Waals surface area (Å²) in [7, 11) is 0. The lowest BCUT2D eigenvalue weighted by atomic mass is 10.1. The predicted octanol–water partition coefficient (Wildman–Crippen LogP) is 5.12. The van der Waals surface area contributed by atoms with Crippen LogP contribution in [0.5, 0.6) is 11.6 Å². The normalized spacial score (nSPS) is 16.8. The molecule has 1 aliphatic rings. The molecule has 0 spiro atoms. The average molecular weight is 468 g/mol. The van der Waals surface area contributed by atoms with Crippen LogP contribution in [-0.2, 0) is 17.7 Å². The zero-order valence-corrected chi connectivity index (χ0v) is 20.0. The van der Waals surface area contributed by atoms with Crippen molar-refractivity contribution in [3.05, 3.63) is 71.7 Å². The molecule has 0 amide bonds. The van der Waals surface area contributed by atoms with Gasteiger partial charge in [-0.1, -0.05) is 32.0 Å². The van der Waals surface area contributed by atoms with Gasteiger partial charge in [0, 0.05) is 26.2 Å². The standard InChI is InChI=1S/C27H34FN3O3/c1-3-22(32)17-30(18-24-11-8-16-33-24)19-25-26(4-2)29-31(21-9-6-5-7-10-21)27(25)34-23-14-12-20(28)13-15-23/h5-7,9-10,12-15,22,24,32H,3-4,8,11,16-19H2,1-2H3. The number of hydrogen-bond donors (Lipinski definition) is 1. The second-order valence-corrected chi connectivity index (χ2v) is 8.78. The Bertz CT molecular complexity index is 1030. The molecule has 1 aliphatic heterocycles. The quantitative estimate of drug-likeness (QED) is 0.424. The molecule has 1 saturated heterocycles. The Kier molecular flexibility index (Phi) is 8.32. The van der Waals surface area contributed by atoms with Crippen molar-refractivity contribution in [3.63, 3.8) is 0 Å². The number of aryl methyl sites for hydroxylation is 1. The first-order valence-electron chi connectivity index (χ1n) is 12.2. The van der Waals surface area contributed by atoms with Crippen molar-refractivity contribution in [2.75, 3.05) is 19.7 Å². The summed E-state index contributed by atoms with van der Waals surface area (Å²) >= 11 is 0. The van der Waals surface area contributed by atoms with Gasteiger partial charge >= 0.3 is 0 Å². The van der Waals surface area contributed by atoms with Crippen LogP contribution < -0.4 is 4.74 Å². The van der Waals surface area contributed by atoms with E-state index >= 15 is 0 Å². The van der Waals surface area contributed by atoms with Gasteiger partial charge in [0.1, 0.15) is 11.6 Å². The highest BCUT2D eigenvalue weighted by Crippen LogP contribution is 2.32. The third-order valence-electron chi connectivity index (χ3n) is 6.19. The van der Waals surface area contributed by atoms with Crippen LogP contribution in [0.25, 0.3) is 5.69 Å². The van der Waals surface area contributed by atoms with Crippen molar-refractivity contribution >= 4 is 0 Å². The molecule has 7 heteroatoms. The summed E-state index contributed by atoms with van der Waals surface area (Å²) in [6.45, 7) is 6.72. The zero-order chi connectivity index (χ0) is 23.9. The monoisotopic (exact) mass is 467 g/mol. The van der Waals surface area contributed by atoms with Crippen LogP contribution in [0.4, 0.5) is 4.39 Å². The third-order valence-corrected chi connectivity index (χ3v) is 6.19. The van der Waals surface area contributed by atoms with Crippen molar-refractivity contribution in [2.24, 2.45) is 0 Å². The minimum atomic E-state index is -0.419. The topological polar surface area (TPSA) is 59.8 Å². The van der Waals surface area contributed by atoms with E-state index in [2.05, 4.69) is 11.8 Å². The van der Waals surface area contributed by atoms with Crippen LogP contribution in [0.15, 0.2) is 54.6 Å². The van der Waals surface area contributed by atoms with Crippen LogP contribution in [0, 0.1) is 5.82 Å². The van der Waals surface area contributed by atoms with E-state index in [1.165, 1.54) is 12.1 Å². The second kappa shape index (κ2) is 11.6. The average Bonchev–Trinajstić information content (AvgIpc) is 3.49. The first-order valence-corrected chi connectivity index (χ1v) is 12.2. The van der Waals surface area contributed by atoms with E-state index < -0.39 is 6.10 Å². The van der Waals surface area contributed by atoms with Crippen LogP contribution in [0.2, 0.25) is 0 Å². The van der Waals surface area contributed by atoms with Crippen molar-refractivity contribution in [1.82, 2.24) is 14.7 Å². The van der Waals surface area contributed by atoms with Gasteiger partial charge in [-0.25, -0.2) is 9.07 Å². The predicted molar refractivity (Wildman–Crippen MR) is 130 cm³/mol. The number of aliphatic hydroxyl groups excluding tert-OH is 1. The molecule has 0 bridgehead atoms. The van der Waals surface area contributed by atoms with Gasteiger partial charge in [-0.05, 0) is 62.1 Å². The summed E-state index contributed by atoms with van der Waals surface area (Å²) in [5.41, 5.74) is 2.79. The summed E-state index contributed by atoms with van der Waals surface area (Å²) in [5, 5.41) is 15.3. The van der Waals surface area contributed by atoms with E-state index in [1.54, 1.807) is 12.1 Å². The molecule has 2 aromatic carbocycles. The highest BCUT2D eigenvalue weighted by Gasteiger charge is 2.26. The molecule has 2 heterocycles. The number of benzene rings is 2. The Hall–Kier alpha value is -2.74. The maximum atomic E-state index is 13.5. The Morgan fingerprint density at radius 1 is 1.18 bits per heavy atom. The number of para-hydroxylation sites is 1. The van der Waals surface area contributed by atoms with Crippen molar-refractivity contribution < 1.29 is 19.0 Å². The van der Waals surface area contributed by atoms with E-state index in [0.717, 1.165) is 49.4 Å². The van der Waals surface area contributed by atoms with Crippen LogP contribution >= 0.6 is 0 Å². The highest BCUT2D eigenvalue weighted by molar-refractivity contribution is 5.43. The first kappa shape index (κ1) is 24.4. The highest BCUT2D eigenvalue weighted by atomic mass is 19.1. The fourth-order valence-electron chi connectivity index (χ4n) is 4.31. The maximum Gasteiger partial charge on any atom is 0.227 e. The van der Waals surface area contributed by atoms with Crippen LogP contribution in [0.1, 0.15) is 44.4 Å². The van der Waals surface area contributed by atoms with Crippen molar-refractivity contribution in [1.29, 1.82) is 0 Å². The fraction of sp³-hybridized carbons (Fsp3) is 0.444. The van der Waals surface area contributed by atoms with Gasteiger partial charge in [0.05, 0.1) is 29.2 Å². The van der Waals surface area contributed by atoms with Gasteiger partial charge < -0.3 is 14.6 Å². The van der Waals surface area contributed by atoms with Gasteiger partial charge in [-0.2, -0.15) is 5.10 Å². The molecule has 34 heavy (non-hydrogen) atoms. The Labute approximate surface area is 200 Å². The molecule has 4 rings (SSSR count). The van der Waals surface area contributed by atoms with Gasteiger partial charge in [0.25, 0.3) is 0 Å². The van der Waals surface area contributed by atoms with Crippen LogP contribution in [0.3, 0.4) is 0 Å². The number of halogens is 1. The van der Waals surface area contributed by atoms with E-state index in [9.17, 15) is 9.50 Å². The summed E-state index contributed by atoms with van der Waals surface area (Å²) < 4.78 is 27.6. The number of ether oxygens (including phenoxy) is 2. The lowest BCUT2D eigenvalue weighted by Gasteiger charge is -2.27. The molecule has 0 radical (unpaired) electrons. The van der Waals surface area contributed by atoms with Gasteiger partial charge in [0.15, 0.2) is 0 Å². The smallest absolute Gasteiger partial charge is 0.227 e. The number of hydrogen-bond acceptors (Lipinski definition) is 5. The summed E-state index contributed by atoms with van der Waals surface area (Å²) in [5.74, 6) is 0.842. The fourth-order valence-corrected chi connectivity index (χ4v) is 4.31. The SMILES string of the molecule is CCc1nn(-c2ccccc2)c(Oc2ccc(F)cc2)c1CN(CC(O)CC)CC1CCCO1. The van der Waals surface area contributed by atoms with Crippen molar-refractivity contribution in [3.8, 4) is 17.3 Å². The van der Waals surface area contributed by atoms with Gasteiger partial charge in [-0.15, -0.1) is 0 Å². The Balaban J connectivity index is 1.72. The molecule has 6 nitrogen and oxygen atoms in total. The van der Waals surface area contributed by atoms with Gasteiger partial charge in [-0.3, -0.25) is 4.90 Å². The van der Waals surface area contributed by atoms with Crippen molar-refractivity contribution in [2.45, 2.75) is 58.3 Å². The molecule has 1 N–H and O–H groups in total. The number of aromatic nitrogens is 2. The molecule has 1 aromatic heterocycles. The molecular formula is C27H34FN3O3. The number of rotatable bonds is 11.